The summed E-state index contributed by atoms with van der Waals surface area (Å²) in [5.41, 5.74) is 4.22. The number of hydrogen-bond acceptors (Lipinski definition) is 5. The maximum atomic E-state index is 12.7. The third-order valence-electron chi connectivity index (χ3n) is 10.7. The zero-order valence-electron chi connectivity index (χ0n) is 24.2. The molecule has 0 spiro atoms. The summed E-state index contributed by atoms with van der Waals surface area (Å²) in [5.74, 6) is 2.40. The molecule has 3 fully saturated rings. The average Bonchev–Trinajstić information content (AvgIpc) is 3.24. The maximum absolute atomic E-state index is 12.7. The quantitative estimate of drug-likeness (QED) is 0.386. The monoisotopic (exact) mass is 546 g/mol. The third kappa shape index (κ3) is 5.37. The Kier molecular flexibility index (Phi) is 7.84. The van der Waals surface area contributed by atoms with Gasteiger partial charge in [0.25, 0.3) is 0 Å². The first-order chi connectivity index (χ1) is 19.3. The summed E-state index contributed by atoms with van der Waals surface area (Å²) in [6, 6.07) is 11.8. The number of ether oxygens (including phenoxy) is 1. The molecular formula is C34H46N2O4. The molecule has 0 radical (unpaired) electrons. The van der Waals surface area contributed by atoms with E-state index in [0.29, 0.717) is 24.0 Å². The summed E-state index contributed by atoms with van der Waals surface area (Å²) < 4.78 is 6.81. The van der Waals surface area contributed by atoms with E-state index in [-0.39, 0.29) is 29.4 Å². The number of benzene rings is 2. The second-order valence-corrected chi connectivity index (χ2v) is 13.2. The number of hydrogen-bond donors (Lipinski definition) is 3. The molecule has 216 valence electrons. The van der Waals surface area contributed by atoms with Gasteiger partial charge in [-0.05, 0) is 137 Å². The van der Waals surface area contributed by atoms with Crippen molar-refractivity contribution < 1.29 is 19.7 Å². The summed E-state index contributed by atoms with van der Waals surface area (Å²) in [6.45, 7) is 7.62. The normalized spacial score (nSPS) is 31.6. The smallest absolute Gasteiger partial charge is 0.224 e. The SMILES string of the molecule is Cc1cc(O[C@H]2C[C@]3(C)[C@@H](O)CC[C@H]3[C@@H]3CCc4cc(O)ccc4[C@H]32)ccc1NC(=O)CCCN1CCCCC1. The van der Waals surface area contributed by atoms with Crippen molar-refractivity contribution in [2.45, 2.75) is 96.2 Å². The van der Waals surface area contributed by atoms with E-state index in [9.17, 15) is 15.0 Å². The van der Waals surface area contributed by atoms with Crippen LogP contribution in [0.2, 0.25) is 0 Å². The van der Waals surface area contributed by atoms with Crippen LogP contribution in [0.25, 0.3) is 0 Å². The van der Waals surface area contributed by atoms with Crippen LogP contribution in [-0.4, -0.2) is 52.9 Å². The Balaban J connectivity index is 1.16. The molecular weight excluding hydrogens is 500 g/mol. The van der Waals surface area contributed by atoms with E-state index in [1.54, 1.807) is 0 Å². The summed E-state index contributed by atoms with van der Waals surface area (Å²) in [7, 11) is 0. The Morgan fingerprint density at radius 3 is 2.73 bits per heavy atom. The predicted molar refractivity (Wildman–Crippen MR) is 158 cm³/mol. The molecule has 0 unspecified atom stereocenters. The number of phenols is 1. The van der Waals surface area contributed by atoms with Crippen LogP contribution < -0.4 is 10.1 Å². The Labute approximate surface area is 239 Å². The molecule has 2 aromatic rings. The van der Waals surface area contributed by atoms with E-state index in [0.717, 1.165) is 75.2 Å². The molecule has 0 aromatic heterocycles. The second-order valence-electron chi connectivity index (χ2n) is 13.2. The fourth-order valence-corrected chi connectivity index (χ4v) is 8.59. The fourth-order valence-electron chi connectivity index (χ4n) is 8.59. The Morgan fingerprint density at radius 2 is 1.93 bits per heavy atom. The molecule has 6 nitrogen and oxygen atoms in total. The fraction of sp³-hybridized carbons (Fsp3) is 0.618. The van der Waals surface area contributed by atoms with Crippen molar-refractivity contribution in [1.29, 1.82) is 0 Å². The third-order valence-corrected chi connectivity index (χ3v) is 10.7. The number of phenolic OH excluding ortho intramolecular Hbond substituents is 1. The highest BCUT2D eigenvalue weighted by atomic mass is 16.5. The first-order valence-electron chi connectivity index (χ1n) is 15.6. The van der Waals surface area contributed by atoms with E-state index >= 15 is 0 Å². The number of aromatic hydroxyl groups is 1. The van der Waals surface area contributed by atoms with Gasteiger partial charge in [0.05, 0.1) is 6.10 Å². The van der Waals surface area contributed by atoms with Gasteiger partial charge in [0, 0.05) is 23.4 Å². The Bertz CT molecular complexity index is 1220. The van der Waals surface area contributed by atoms with Crippen LogP contribution in [0, 0.1) is 24.2 Å². The zero-order chi connectivity index (χ0) is 27.9. The minimum Gasteiger partial charge on any atom is -0.508 e. The van der Waals surface area contributed by atoms with E-state index in [1.807, 2.05) is 37.3 Å². The van der Waals surface area contributed by atoms with Gasteiger partial charge in [-0.1, -0.05) is 19.4 Å². The second kappa shape index (κ2) is 11.4. The van der Waals surface area contributed by atoms with Crippen molar-refractivity contribution in [3.8, 4) is 11.5 Å². The van der Waals surface area contributed by atoms with Crippen molar-refractivity contribution in [2.24, 2.45) is 17.3 Å². The van der Waals surface area contributed by atoms with E-state index < -0.39 is 0 Å². The number of fused-ring (bicyclic) bond motifs is 5. The number of aryl methyl sites for hydroxylation is 2. The van der Waals surface area contributed by atoms with Crippen molar-refractivity contribution in [2.75, 3.05) is 25.0 Å². The number of amides is 1. The molecule has 1 saturated heterocycles. The molecule has 4 aliphatic rings. The lowest BCUT2D eigenvalue weighted by molar-refractivity contribution is -0.116. The molecule has 1 amide bonds. The number of rotatable bonds is 7. The highest BCUT2D eigenvalue weighted by Crippen LogP contribution is 2.61. The standard InChI is InChI=1S/C34H46N2O4/c1-22-19-25(10-14-29(22)35-32(39)7-6-18-36-16-4-3-5-17-36)40-30-21-34(2)28(13-15-31(34)38)27-11-8-23-20-24(37)9-12-26(23)33(27)30/h9-10,12,14,19-20,27-28,30-31,33,37-38H,3-8,11,13,15-18,21H2,1-2H3,(H,35,39)/t27-,28-,30-,31-,33+,34-/m0/s1. The number of aliphatic hydroxyl groups is 1. The van der Waals surface area contributed by atoms with Crippen molar-refractivity contribution in [3.63, 3.8) is 0 Å². The van der Waals surface area contributed by atoms with Gasteiger partial charge in [-0.2, -0.15) is 0 Å². The molecule has 6 atom stereocenters. The molecule has 3 N–H and O–H groups in total. The molecule has 6 heteroatoms. The van der Waals surface area contributed by atoms with Crippen LogP contribution in [0.15, 0.2) is 36.4 Å². The van der Waals surface area contributed by atoms with E-state index in [1.165, 1.54) is 30.4 Å². The predicted octanol–water partition coefficient (Wildman–Crippen LogP) is 6.18. The van der Waals surface area contributed by atoms with Gasteiger partial charge >= 0.3 is 0 Å². The molecule has 2 aromatic carbocycles. The largest absolute Gasteiger partial charge is 0.508 e. The van der Waals surface area contributed by atoms with Crippen LogP contribution in [-0.2, 0) is 11.2 Å². The lowest BCUT2D eigenvalue weighted by atomic mass is 9.54. The lowest BCUT2D eigenvalue weighted by Gasteiger charge is -2.53. The van der Waals surface area contributed by atoms with Crippen LogP contribution in [0.4, 0.5) is 5.69 Å². The van der Waals surface area contributed by atoms with Crippen LogP contribution in [0.1, 0.15) is 87.3 Å². The molecule has 1 heterocycles. The first-order valence-corrected chi connectivity index (χ1v) is 15.6. The maximum Gasteiger partial charge on any atom is 0.224 e. The van der Waals surface area contributed by atoms with Gasteiger partial charge in [0.15, 0.2) is 0 Å². The summed E-state index contributed by atoms with van der Waals surface area (Å²) in [4.78, 5) is 15.2. The lowest BCUT2D eigenvalue weighted by Crippen LogP contribution is -2.51. The summed E-state index contributed by atoms with van der Waals surface area (Å²) >= 11 is 0. The zero-order valence-corrected chi connectivity index (χ0v) is 24.2. The first kappa shape index (κ1) is 27.6. The Hall–Kier alpha value is -2.57. The van der Waals surface area contributed by atoms with Crippen LogP contribution >= 0.6 is 0 Å². The Morgan fingerprint density at radius 1 is 1.10 bits per heavy atom. The molecule has 2 saturated carbocycles. The molecule has 6 rings (SSSR count). The minimum absolute atomic E-state index is 0.0581. The number of likely N-dealkylation sites (tertiary alicyclic amines) is 1. The molecule has 3 aliphatic carbocycles. The molecule has 0 bridgehead atoms. The van der Waals surface area contributed by atoms with Gasteiger partial charge in [-0.25, -0.2) is 0 Å². The van der Waals surface area contributed by atoms with Gasteiger partial charge < -0.3 is 25.2 Å². The number of carbonyl (C=O) groups is 1. The molecule has 40 heavy (non-hydrogen) atoms. The van der Waals surface area contributed by atoms with Gasteiger partial charge in [0.1, 0.15) is 17.6 Å². The van der Waals surface area contributed by atoms with Crippen molar-refractivity contribution in [1.82, 2.24) is 4.90 Å². The minimum atomic E-state index is -0.292. The number of carbonyl (C=O) groups excluding carboxylic acids is 1. The van der Waals surface area contributed by atoms with Gasteiger partial charge in [-0.3, -0.25) is 4.79 Å². The van der Waals surface area contributed by atoms with Crippen molar-refractivity contribution >= 4 is 11.6 Å². The summed E-state index contributed by atoms with van der Waals surface area (Å²) in [5, 5.41) is 24.3. The molecule has 1 aliphatic heterocycles. The number of anilines is 1. The topological polar surface area (TPSA) is 82.0 Å². The van der Waals surface area contributed by atoms with Crippen LogP contribution in [0.5, 0.6) is 11.5 Å². The van der Waals surface area contributed by atoms with Gasteiger partial charge in [0.2, 0.25) is 5.91 Å². The summed E-state index contributed by atoms with van der Waals surface area (Å²) in [6.07, 6.45) is 9.75. The van der Waals surface area contributed by atoms with Gasteiger partial charge in [-0.15, -0.1) is 0 Å². The number of nitrogens with one attached hydrogen (secondary N) is 1. The van der Waals surface area contributed by atoms with Crippen LogP contribution in [0.3, 0.4) is 0 Å². The van der Waals surface area contributed by atoms with Crippen molar-refractivity contribution in [3.05, 3.63) is 53.1 Å². The number of aliphatic hydroxyl groups excluding tert-OH is 1. The average molecular weight is 547 g/mol. The van der Waals surface area contributed by atoms with E-state index in [2.05, 4.69) is 23.2 Å². The van der Waals surface area contributed by atoms with E-state index in [4.69, 9.17) is 4.74 Å². The number of piperidine rings is 1. The number of nitrogens with zero attached hydrogens (tertiary/aromatic N) is 1. The highest BCUT2D eigenvalue weighted by Gasteiger charge is 2.58. The highest BCUT2D eigenvalue weighted by molar-refractivity contribution is 5.91.